The van der Waals surface area contributed by atoms with Gasteiger partial charge in [0, 0.05) is 11.4 Å². The number of halogens is 1. The molecule has 148 valence electrons. The Hall–Kier alpha value is 0.600. The molecule has 3 heteroatoms. The van der Waals surface area contributed by atoms with E-state index in [2.05, 4.69) is 44.8 Å². The monoisotopic (exact) mass is 378 g/mol. The van der Waals surface area contributed by atoms with Gasteiger partial charge in [-0.05, 0) is 32.4 Å². The smallest absolute Gasteiger partial charge is 0.0421 e. The van der Waals surface area contributed by atoms with E-state index < -0.39 is 0 Å². The number of rotatable bonds is 18. The highest BCUT2D eigenvalue weighted by Crippen LogP contribution is 2.17. The molecule has 1 nitrogen and oxygen atoms in total. The Kier molecular flexibility index (Phi) is 22.3. The van der Waals surface area contributed by atoms with E-state index in [-0.39, 0.29) is 12.4 Å². The van der Waals surface area contributed by atoms with Gasteiger partial charge in [-0.15, -0.1) is 11.8 Å². The molecule has 0 saturated carbocycles. The second kappa shape index (κ2) is 19.9. The van der Waals surface area contributed by atoms with Crippen LogP contribution in [0.1, 0.15) is 118 Å². The third-order valence-corrected chi connectivity index (χ3v) is 5.63. The number of hydrogen-bond acceptors (Lipinski definition) is 2. The van der Waals surface area contributed by atoms with Crippen LogP contribution in [-0.2, 0) is 0 Å². The molecule has 0 aliphatic rings. The normalized spacial score (nSPS) is 11.5. The van der Waals surface area contributed by atoms with Crippen LogP contribution >= 0.6 is 11.8 Å². The van der Waals surface area contributed by atoms with Crippen LogP contribution in [0.4, 0.5) is 0 Å². The van der Waals surface area contributed by atoms with Gasteiger partial charge in [0.25, 0.3) is 0 Å². The second-order valence-electron chi connectivity index (χ2n) is 7.75. The fourth-order valence-corrected chi connectivity index (χ4v) is 3.96. The molecule has 0 aromatic rings. The van der Waals surface area contributed by atoms with E-state index in [4.69, 9.17) is 0 Å². The van der Waals surface area contributed by atoms with Gasteiger partial charge >= 0.3 is 0 Å². The van der Waals surface area contributed by atoms with Crippen LogP contribution in [0, 0.1) is 0 Å². The molecule has 0 aromatic carbocycles. The standard InChI is InChI=1S/C21H45NS.ClH/c1-5-7-9-11-12-13-15-17-19-23-20-22-21(3,4)18-16-14-10-8-6-2;/h22H,5-20H2,1-4H3;1H/p-1. The number of thioether (sulfide) groups is 1. The van der Waals surface area contributed by atoms with Gasteiger partial charge in [-0.1, -0.05) is 90.9 Å². The predicted octanol–water partition coefficient (Wildman–Crippen LogP) is 4.55. The fourth-order valence-electron chi connectivity index (χ4n) is 2.92. The van der Waals surface area contributed by atoms with Crippen molar-refractivity contribution in [3.05, 3.63) is 0 Å². The van der Waals surface area contributed by atoms with E-state index in [9.17, 15) is 0 Å². The molecular formula is C21H45ClNS-. The molecular weight excluding hydrogens is 334 g/mol. The van der Waals surface area contributed by atoms with Crippen LogP contribution in [-0.4, -0.2) is 17.2 Å². The summed E-state index contributed by atoms with van der Waals surface area (Å²) in [5, 5.41) is 3.74. The first-order valence-electron chi connectivity index (χ1n) is 10.4. The Balaban J connectivity index is 0. The SMILES string of the molecule is CCCCCCCCCCSCNC(C)(C)CCCCCCC.[Cl-]. The van der Waals surface area contributed by atoms with Crippen molar-refractivity contribution < 1.29 is 12.4 Å². The zero-order valence-corrected chi connectivity index (χ0v) is 18.7. The quantitative estimate of drug-likeness (QED) is 0.277. The Bertz CT molecular complexity index is 234. The molecule has 0 saturated heterocycles. The van der Waals surface area contributed by atoms with Crippen LogP contribution in [0.3, 0.4) is 0 Å². The lowest BCUT2D eigenvalue weighted by atomic mass is 9.96. The molecule has 0 aromatic heterocycles. The van der Waals surface area contributed by atoms with E-state index in [0.717, 1.165) is 5.88 Å². The fraction of sp³-hybridized carbons (Fsp3) is 1.00. The van der Waals surface area contributed by atoms with Crippen molar-refractivity contribution in [2.75, 3.05) is 11.6 Å². The Labute approximate surface area is 164 Å². The Morgan fingerprint density at radius 1 is 0.667 bits per heavy atom. The van der Waals surface area contributed by atoms with E-state index in [1.807, 2.05) is 0 Å². The molecule has 0 fully saturated rings. The summed E-state index contributed by atoms with van der Waals surface area (Å²) in [7, 11) is 0. The molecule has 0 radical (unpaired) electrons. The highest BCUT2D eigenvalue weighted by Gasteiger charge is 2.15. The maximum atomic E-state index is 3.74. The summed E-state index contributed by atoms with van der Waals surface area (Å²) >= 11 is 2.09. The van der Waals surface area contributed by atoms with E-state index in [1.165, 1.54) is 95.6 Å². The first-order chi connectivity index (χ1) is 11.1. The summed E-state index contributed by atoms with van der Waals surface area (Å²) in [6.45, 7) is 9.31. The van der Waals surface area contributed by atoms with Crippen LogP contribution < -0.4 is 17.7 Å². The van der Waals surface area contributed by atoms with Gasteiger partial charge in [0.2, 0.25) is 0 Å². The van der Waals surface area contributed by atoms with Gasteiger partial charge in [-0.2, -0.15) is 0 Å². The molecule has 0 atom stereocenters. The van der Waals surface area contributed by atoms with Crippen molar-refractivity contribution >= 4 is 11.8 Å². The summed E-state index contributed by atoms with van der Waals surface area (Å²) in [5.41, 5.74) is 0.318. The summed E-state index contributed by atoms with van der Waals surface area (Å²) in [5.74, 6) is 2.45. The van der Waals surface area contributed by atoms with Gasteiger partial charge in [0.1, 0.15) is 0 Å². The molecule has 0 bridgehead atoms. The van der Waals surface area contributed by atoms with Gasteiger partial charge in [0.05, 0.1) is 0 Å². The molecule has 0 unspecified atom stereocenters. The molecule has 0 spiro atoms. The lowest BCUT2D eigenvalue weighted by Crippen LogP contribution is -3.00. The van der Waals surface area contributed by atoms with Crippen molar-refractivity contribution in [2.45, 2.75) is 123 Å². The molecule has 0 amide bonds. The highest BCUT2D eigenvalue weighted by atomic mass is 35.5. The van der Waals surface area contributed by atoms with E-state index in [0.29, 0.717) is 5.54 Å². The average molecular weight is 379 g/mol. The maximum absolute atomic E-state index is 3.74. The largest absolute Gasteiger partial charge is 1.00 e. The molecule has 0 aliphatic carbocycles. The van der Waals surface area contributed by atoms with Crippen molar-refractivity contribution in [3.8, 4) is 0 Å². The molecule has 0 aliphatic heterocycles. The van der Waals surface area contributed by atoms with Crippen molar-refractivity contribution in [2.24, 2.45) is 0 Å². The van der Waals surface area contributed by atoms with Crippen molar-refractivity contribution in [1.82, 2.24) is 5.32 Å². The number of unbranched alkanes of at least 4 members (excludes halogenated alkanes) is 11. The Morgan fingerprint density at radius 3 is 1.67 bits per heavy atom. The summed E-state index contributed by atoms with van der Waals surface area (Å²) < 4.78 is 0. The van der Waals surface area contributed by atoms with Crippen LogP contribution in [0.15, 0.2) is 0 Å². The first kappa shape index (κ1) is 26.8. The van der Waals surface area contributed by atoms with Crippen LogP contribution in [0.5, 0.6) is 0 Å². The third-order valence-electron chi connectivity index (χ3n) is 4.70. The lowest BCUT2D eigenvalue weighted by Gasteiger charge is -2.26. The van der Waals surface area contributed by atoms with Gasteiger partial charge in [0.15, 0.2) is 0 Å². The number of nitrogens with one attached hydrogen (secondary N) is 1. The van der Waals surface area contributed by atoms with E-state index >= 15 is 0 Å². The van der Waals surface area contributed by atoms with Crippen molar-refractivity contribution in [1.29, 1.82) is 0 Å². The summed E-state index contributed by atoms with van der Waals surface area (Å²) in [4.78, 5) is 0. The van der Waals surface area contributed by atoms with Crippen molar-refractivity contribution in [3.63, 3.8) is 0 Å². The zero-order chi connectivity index (χ0) is 17.2. The Morgan fingerprint density at radius 2 is 1.12 bits per heavy atom. The molecule has 1 N–H and O–H groups in total. The highest BCUT2D eigenvalue weighted by molar-refractivity contribution is 7.99. The van der Waals surface area contributed by atoms with Crippen LogP contribution in [0.2, 0.25) is 0 Å². The summed E-state index contributed by atoms with van der Waals surface area (Å²) in [6, 6.07) is 0. The second-order valence-corrected chi connectivity index (χ2v) is 8.86. The topological polar surface area (TPSA) is 12.0 Å². The zero-order valence-electron chi connectivity index (χ0n) is 17.1. The van der Waals surface area contributed by atoms with Gasteiger partial charge in [-0.25, -0.2) is 0 Å². The molecule has 24 heavy (non-hydrogen) atoms. The molecule has 0 heterocycles. The minimum atomic E-state index is 0. The van der Waals surface area contributed by atoms with Crippen LogP contribution in [0.25, 0.3) is 0 Å². The summed E-state index contributed by atoms with van der Waals surface area (Å²) in [6.07, 6.45) is 19.7. The minimum absolute atomic E-state index is 0. The lowest BCUT2D eigenvalue weighted by molar-refractivity contribution is -0.00000572. The minimum Gasteiger partial charge on any atom is -1.00 e. The first-order valence-corrected chi connectivity index (χ1v) is 11.6. The van der Waals surface area contributed by atoms with Gasteiger partial charge < -0.3 is 17.7 Å². The molecule has 0 rings (SSSR count). The maximum Gasteiger partial charge on any atom is 0.0421 e. The third kappa shape index (κ3) is 20.6. The average Bonchev–Trinajstić information content (AvgIpc) is 2.52. The number of hydrogen-bond donors (Lipinski definition) is 1. The van der Waals surface area contributed by atoms with Gasteiger partial charge in [-0.3, -0.25) is 0 Å². The van der Waals surface area contributed by atoms with E-state index in [1.54, 1.807) is 0 Å². The predicted molar refractivity (Wildman–Crippen MR) is 111 cm³/mol.